The van der Waals surface area contributed by atoms with Crippen molar-refractivity contribution in [3.05, 3.63) is 70.8 Å². The van der Waals surface area contributed by atoms with Crippen LogP contribution in [-0.4, -0.2) is 10.2 Å². The molecule has 0 N–H and O–H groups in total. The zero-order chi connectivity index (χ0) is 13.9. The molecular formula is C15H10ClFN2O. The molecule has 2 aromatic carbocycles. The van der Waals surface area contributed by atoms with Crippen molar-refractivity contribution in [3.63, 3.8) is 0 Å². The Labute approximate surface area is 120 Å². The van der Waals surface area contributed by atoms with Crippen molar-refractivity contribution in [2.24, 2.45) is 0 Å². The first-order chi connectivity index (χ1) is 9.72. The summed E-state index contributed by atoms with van der Waals surface area (Å²) in [5, 5.41) is 8.54. The van der Waals surface area contributed by atoms with Gasteiger partial charge in [0.05, 0.1) is 6.42 Å². The van der Waals surface area contributed by atoms with Gasteiger partial charge in [0, 0.05) is 10.6 Å². The van der Waals surface area contributed by atoms with E-state index in [1.807, 2.05) is 18.2 Å². The van der Waals surface area contributed by atoms with Crippen LogP contribution in [0.15, 0.2) is 52.9 Å². The topological polar surface area (TPSA) is 38.9 Å². The van der Waals surface area contributed by atoms with Crippen LogP contribution in [0.25, 0.3) is 11.5 Å². The van der Waals surface area contributed by atoms with Gasteiger partial charge in [-0.1, -0.05) is 35.9 Å². The van der Waals surface area contributed by atoms with Crippen molar-refractivity contribution < 1.29 is 8.81 Å². The molecule has 3 nitrogen and oxygen atoms in total. The highest BCUT2D eigenvalue weighted by molar-refractivity contribution is 6.31. The minimum absolute atomic E-state index is 0.298. The lowest BCUT2D eigenvalue weighted by Gasteiger charge is -1.99. The lowest BCUT2D eigenvalue weighted by molar-refractivity contribution is 0.517. The number of aromatic nitrogens is 2. The minimum Gasteiger partial charge on any atom is -0.420 e. The highest BCUT2D eigenvalue weighted by Gasteiger charge is 2.11. The monoisotopic (exact) mass is 288 g/mol. The van der Waals surface area contributed by atoms with Crippen molar-refractivity contribution in [1.29, 1.82) is 0 Å². The highest BCUT2D eigenvalue weighted by Crippen LogP contribution is 2.22. The molecule has 1 aromatic heterocycles. The smallest absolute Gasteiger partial charge is 0.247 e. The molecule has 0 atom stereocenters. The zero-order valence-corrected chi connectivity index (χ0v) is 11.1. The Bertz CT molecular complexity index is 742. The maximum Gasteiger partial charge on any atom is 0.247 e. The summed E-state index contributed by atoms with van der Waals surface area (Å²) in [5.41, 5.74) is 1.46. The van der Waals surface area contributed by atoms with Gasteiger partial charge in [0.15, 0.2) is 0 Å². The second-order valence-corrected chi connectivity index (χ2v) is 4.69. The third-order valence-electron chi connectivity index (χ3n) is 2.84. The largest absolute Gasteiger partial charge is 0.420 e. The van der Waals surface area contributed by atoms with Crippen LogP contribution in [0.1, 0.15) is 11.5 Å². The van der Waals surface area contributed by atoms with Gasteiger partial charge in [-0.05, 0) is 29.8 Å². The van der Waals surface area contributed by atoms with Gasteiger partial charge in [0.25, 0.3) is 0 Å². The molecule has 0 aliphatic rings. The van der Waals surface area contributed by atoms with Crippen LogP contribution < -0.4 is 0 Å². The first-order valence-corrected chi connectivity index (χ1v) is 6.42. The van der Waals surface area contributed by atoms with E-state index in [1.54, 1.807) is 18.2 Å². The average Bonchev–Trinajstić information content (AvgIpc) is 2.90. The minimum atomic E-state index is -0.339. The Morgan fingerprint density at radius 1 is 1.05 bits per heavy atom. The molecular weight excluding hydrogens is 279 g/mol. The third-order valence-corrected chi connectivity index (χ3v) is 3.21. The van der Waals surface area contributed by atoms with Crippen LogP contribution in [0.4, 0.5) is 4.39 Å². The molecule has 5 heteroatoms. The summed E-state index contributed by atoms with van der Waals surface area (Å²) in [6.45, 7) is 0. The molecule has 20 heavy (non-hydrogen) atoms. The van der Waals surface area contributed by atoms with Crippen LogP contribution in [-0.2, 0) is 6.42 Å². The quantitative estimate of drug-likeness (QED) is 0.728. The Kier molecular flexibility index (Phi) is 3.48. The summed E-state index contributed by atoms with van der Waals surface area (Å²) in [7, 11) is 0. The number of nitrogens with zero attached hydrogens (tertiary/aromatic N) is 2. The molecule has 0 spiro atoms. The Morgan fingerprint density at radius 2 is 1.90 bits per heavy atom. The molecule has 0 bridgehead atoms. The molecule has 1 heterocycles. The van der Waals surface area contributed by atoms with Gasteiger partial charge >= 0.3 is 0 Å². The summed E-state index contributed by atoms with van der Waals surface area (Å²) < 4.78 is 18.7. The summed E-state index contributed by atoms with van der Waals surface area (Å²) in [6.07, 6.45) is 0.446. The van der Waals surface area contributed by atoms with Gasteiger partial charge in [-0.2, -0.15) is 0 Å². The van der Waals surface area contributed by atoms with Gasteiger partial charge in [-0.25, -0.2) is 4.39 Å². The van der Waals surface area contributed by atoms with E-state index in [-0.39, 0.29) is 5.82 Å². The predicted octanol–water partition coefficient (Wildman–Crippen LogP) is 4.12. The van der Waals surface area contributed by atoms with Crippen molar-refractivity contribution in [2.75, 3.05) is 0 Å². The van der Waals surface area contributed by atoms with Crippen molar-refractivity contribution in [2.45, 2.75) is 6.42 Å². The number of hydrogen-bond acceptors (Lipinski definition) is 3. The van der Waals surface area contributed by atoms with Crippen molar-refractivity contribution in [3.8, 4) is 11.5 Å². The van der Waals surface area contributed by atoms with E-state index >= 15 is 0 Å². The maximum atomic E-state index is 13.2. The Hall–Kier alpha value is -2.20. The summed E-state index contributed by atoms with van der Waals surface area (Å²) in [6, 6.07) is 13.5. The molecule has 100 valence electrons. The van der Waals surface area contributed by atoms with Gasteiger partial charge in [-0.15, -0.1) is 10.2 Å². The molecule has 0 aliphatic carbocycles. The van der Waals surface area contributed by atoms with E-state index < -0.39 is 0 Å². The maximum absolute atomic E-state index is 13.2. The molecule has 0 saturated heterocycles. The van der Waals surface area contributed by atoms with Gasteiger partial charge < -0.3 is 4.42 Å². The summed E-state index contributed by atoms with van der Waals surface area (Å²) in [5.74, 6) is 0.400. The van der Waals surface area contributed by atoms with Gasteiger partial charge in [-0.3, -0.25) is 0 Å². The van der Waals surface area contributed by atoms with E-state index in [9.17, 15) is 4.39 Å². The molecule has 0 fully saturated rings. The summed E-state index contributed by atoms with van der Waals surface area (Å²) in [4.78, 5) is 0. The molecule has 0 radical (unpaired) electrons. The van der Waals surface area contributed by atoms with Crippen LogP contribution >= 0.6 is 11.6 Å². The molecule has 3 rings (SSSR count). The second kappa shape index (κ2) is 5.43. The van der Waals surface area contributed by atoms with E-state index in [2.05, 4.69) is 10.2 Å². The van der Waals surface area contributed by atoms with Crippen LogP contribution in [0.5, 0.6) is 0 Å². The third kappa shape index (κ3) is 2.70. The Balaban J connectivity index is 1.86. The fourth-order valence-electron chi connectivity index (χ4n) is 1.87. The van der Waals surface area contributed by atoms with Crippen LogP contribution in [0.2, 0.25) is 5.02 Å². The van der Waals surface area contributed by atoms with E-state index in [4.69, 9.17) is 16.0 Å². The van der Waals surface area contributed by atoms with Crippen LogP contribution in [0.3, 0.4) is 0 Å². The van der Waals surface area contributed by atoms with E-state index in [0.29, 0.717) is 28.8 Å². The number of hydrogen-bond donors (Lipinski definition) is 0. The fraction of sp³-hybridized carbons (Fsp3) is 0.0667. The molecule has 0 saturated carbocycles. The van der Waals surface area contributed by atoms with E-state index in [1.165, 1.54) is 12.1 Å². The number of benzene rings is 2. The first kappa shape index (κ1) is 12.8. The van der Waals surface area contributed by atoms with Gasteiger partial charge in [0.2, 0.25) is 11.8 Å². The first-order valence-electron chi connectivity index (χ1n) is 6.04. The standard InChI is InChI=1S/C15H10ClFN2O/c16-13-7-2-1-4-10(13)9-14-18-19-15(20-14)11-5-3-6-12(17)8-11/h1-8H,9H2. The zero-order valence-electron chi connectivity index (χ0n) is 10.4. The average molecular weight is 289 g/mol. The molecule has 0 amide bonds. The van der Waals surface area contributed by atoms with Crippen molar-refractivity contribution >= 4 is 11.6 Å². The van der Waals surface area contributed by atoms with Gasteiger partial charge in [0.1, 0.15) is 5.82 Å². The SMILES string of the molecule is Fc1cccc(-c2nnc(Cc3ccccc3Cl)o2)c1. The molecule has 0 aliphatic heterocycles. The van der Waals surface area contributed by atoms with Crippen molar-refractivity contribution in [1.82, 2.24) is 10.2 Å². The summed E-state index contributed by atoms with van der Waals surface area (Å²) >= 11 is 6.08. The number of rotatable bonds is 3. The number of halogens is 2. The lowest BCUT2D eigenvalue weighted by Crippen LogP contribution is -1.89. The highest BCUT2D eigenvalue weighted by atomic mass is 35.5. The Morgan fingerprint density at radius 3 is 2.70 bits per heavy atom. The normalized spacial score (nSPS) is 10.7. The molecule has 0 unspecified atom stereocenters. The van der Waals surface area contributed by atoms with Crippen LogP contribution in [0, 0.1) is 5.82 Å². The molecule has 3 aromatic rings. The second-order valence-electron chi connectivity index (χ2n) is 4.28. The van der Waals surface area contributed by atoms with E-state index in [0.717, 1.165) is 5.56 Å². The predicted molar refractivity (Wildman–Crippen MR) is 74.0 cm³/mol. The fourth-order valence-corrected chi connectivity index (χ4v) is 2.07. The lowest BCUT2D eigenvalue weighted by atomic mass is 10.1.